The average molecular weight is 249 g/mol. The summed E-state index contributed by atoms with van der Waals surface area (Å²) in [6.45, 7) is 5.20. The molecular weight excluding hydrogens is 230 g/mol. The molecule has 1 aliphatic heterocycles. The third-order valence-corrected chi connectivity index (χ3v) is 3.67. The minimum atomic E-state index is -0.359. The van der Waals surface area contributed by atoms with Gasteiger partial charge in [-0.15, -0.1) is 0 Å². The molecule has 1 aromatic rings. The number of hydrogen-bond donors (Lipinski definition) is 0. The second-order valence-corrected chi connectivity index (χ2v) is 4.76. The molecule has 1 aliphatic rings. The third-order valence-electron chi connectivity index (χ3n) is 3.67. The molecule has 0 spiro atoms. The smallest absolute Gasteiger partial charge is 0.269 e. The van der Waals surface area contributed by atoms with E-state index < -0.39 is 0 Å². The van der Waals surface area contributed by atoms with Crippen molar-refractivity contribution in [3.05, 3.63) is 34.4 Å². The first-order chi connectivity index (χ1) is 8.61. The number of nitrogens with zero attached hydrogens (tertiary/aromatic N) is 3. The standard InChI is InChI=1S/C13H19N3O2/c1-3-11-10-15(9-8-14(11)2)12-4-6-13(7-5-12)16(17)18/h4-7,11H,3,8-10H2,1-2H3/t11-/m0/s1. The molecule has 0 unspecified atom stereocenters. The Balaban J connectivity index is 2.09. The molecule has 1 aromatic carbocycles. The van der Waals surface area contributed by atoms with Gasteiger partial charge in [0.05, 0.1) is 4.92 Å². The Morgan fingerprint density at radius 2 is 2.00 bits per heavy atom. The van der Waals surface area contributed by atoms with Gasteiger partial charge in [0.25, 0.3) is 5.69 Å². The molecule has 0 amide bonds. The molecule has 98 valence electrons. The number of anilines is 1. The van der Waals surface area contributed by atoms with Gasteiger partial charge in [-0.25, -0.2) is 0 Å². The Morgan fingerprint density at radius 3 is 2.56 bits per heavy atom. The highest BCUT2D eigenvalue weighted by molar-refractivity contribution is 5.51. The van der Waals surface area contributed by atoms with Crippen LogP contribution >= 0.6 is 0 Å². The second-order valence-electron chi connectivity index (χ2n) is 4.76. The van der Waals surface area contributed by atoms with Crippen LogP contribution in [0.3, 0.4) is 0 Å². The summed E-state index contributed by atoms with van der Waals surface area (Å²) in [5.41, 5.74) is 1.23. The number of rotatable bonds is 3. The van der Waals surface area contributed by atoms with E-state index in [2.05, 4.69) is 23.8 Å². The fraction of sp³-hybridized carbons (Fsp3) is 0.538. The highest BCUT2D eigenvalue weighted by Crippen LogP contribution is 2.22. The first-order valence-electron chi connectivity index (χ1n) is 6.31. The van der Waals surface area contributed by atoms with Crippen molar-refractivity contribution in [3.63, 3.8) is 0 Å². The minimum Gasteiger partial charge on any atom is -0.369 e. The van der Waals surface area contributed by atoms with Crippen LogP contribution < -0.4 is 4.90 Å². The van der Waals surface area contributed by atoms with Gasteiger partial charge in [0.15, 0.2) is 0 Å². The first kappa shape index (κ1) is 12.8. The maximum absolute atomic E-state index is 10.6. The van der Waals surface area contributed by atoms with Crippen LogP contribution in [0.4, 0.5) is 11.4 Å². The summed E-state index contributed by atoms with van der Waals surface area (Å²) in [4.78, 5) is 14.9. The van der Waals surface area contributed by atoms with Crippen molar-refractivity contribution < 1.29 is 4.92 Å². The molecule has 1 atom stereocenters. The van der Waals surface area contributed by atoms with E-state index in [0.717, 1.165) is 31.7 Å². The van der Waals surface area contributed by atoms with Gasteiger partial charge in [-0.05, 0) is 25.6 Å². The SMILES string of the molecule is CC[C@H]1CN(c2ccc([N+](=O)[O-])cc2)CCN1C. The number of nitro benzene ring substituents is 1. The van der Waals surface area contributed by atoms with E-state index in [1.54, 1.807) is 12.1 Å². The summed E-state index contributed by atoms with van der Waals surface area (Å²) < 4.78 is 0. The molecule has 0 saturated carbocycles. The van der Waals surface area contributed by atoms with Crippen LogP contribution in [0.1, 0.15) is 13.3 Å². The average Bonchev–Trinajstić information content (AvgIpc) is 2.39. The molecule has 0 aromatic heterocycles. The van der Waals surface area contributed by atoms with Gasteiger partial charge in [-0.2, -0.15) is 0 Å². The van der Waals surface area contributed by atoms with Crippen molar-refractivity contribution in [2.45, 2.75) is 19.4 Å². The molecular formula is C13H19N3O2. The van der Waals surface area contributed by atoms with Gasteiger partial charge in [0.2, 0.25) is 0 Å². The van der Waals surface area contributed by atoms with Crippen LogP contribution in [0.15, 0.2) is 24.3 Å². The van der Waals surface area contributed by atoms with Crippen LogP contribution in [0, 0.1) is 10.1 Å². The third kappa shape index (κ3) is 2.61. The van der Waals surface area contributed by atoms with Gasteiger partial charge >= 0.3 is 0 Å². The number of likely N-dealkylation sites (N-methyl/N-ethyl adjacent to an activating group) is 1. The van der Waals surface area contributed by atoms with Crippen LogP contribution in [0.2, 0.25) is 0 Å². The largest absolute Gasteiger partial charge is 0.369 e. The van der Waals surface area contributed by atoms with E-state index in [1.165, 1.54) is 0 Å². The maximum Gasteiger partial charge on any atom is 0.269 e. The topological polar surface area (TPSA) is 49.6 Å². The zero-order chi connectivity index (χ0) is 13.1. The van der Waals surface area contributed by atoms with Crippen molar-refractivity contribution in [3.8, 4) is 0 Å². The lowest BCUT2D eigenvalue weighted by Gasteiger charge is -2.40. The van der Waals surface area contributed by atoms with E-state index >= 15 is 0 Å². The number of piperazine rings is 1. The quantitative estimate of drug-likeness (QED) is 0.608. The van der Waals surface area contributed by atoms with Crippen molar-refractivity contribution in [1.82, 2.24) is 4.90 Å². The lowest BCUT2D eigenvalue weighted by molar-refractivity contribution is -0.384. The fourth-order valence-corrected chi connectivity index (χ4v) is 2.41. The Bertz CT molecular complexity index is 419. The van der Waals surface area contributed by atoms with E-state index in [0.29, 0.717) is 6.04 Å². The normalized spacial score (nSPS) is 21.0. The molecule has 0 radical (unpaired) electrons. The fourth-order valence-electron chi connectivity index (χ4n) is 2.41. The van der Waals surface area contributed by atoms with Crippen LogP contribution in [-0.2, 0) is 0 Å². The molecule has 1 saturated heterocycles. The monoisotopic (exact) mass is 249 g/mol. The minimum absolute atomic E-state index is 0.153. The summed E-state index contributed by atoms with van der Waals surface area (Å²) in [6, 6.07) is 7.41. The van der Waals surface area contributed by atoms with Crippen LogP contribution in [-0.4, -0.2) is 42.5 Å². The molecule has 18 heavy (non-hydrogen) atoms. The van der Waals surface area contributed by atoms with Gasteiger partial charge in [-0.3, -0.25) is 15.0 Å². The first-order valence-corrected chi connectivity index (χ1v) is 6.31. The molecule has 5 nitrogen and oxygen atoms in total. The van der Waals surface area contributed by atoms with Crippen molar-refractivity contribution in [2.24, 2.45) is 0 Å². The number of hydrogen-bond acceptors (Lipinski definition) is 4. The molecule has 0 aliphatic carbocycles. The Labute approximate surface area is 107 Å². The molecule has 0 bridgehead atoms. The summed E-state index contributed by atoms with van der Waals surface area (Å²) in [5, 5.41) is 10.6. The van der Waals surface area contributed by atoms with Gasteiger partial charge in [-0.1, -0.05) is 6.92 Å². The zero-order valence-corrected chi connectivity index (χ0v) is 10.9. The second kappa shape index (κ2) is 5.35. The van der Waals surface area contributed by atoms with Gasteiger partial charge < -0.3 is 4.90 Å². The Morgan fingerprint density at radius 1 is 1.33 bits per heavy atom. The predicted octanol–water partition coefficient (Wildman–Crippen LogP) is 2.13. The Kier molecular flexibility index (Phi) is 3.81. The Hall–Kier alpha value is -1.62. The lowest BCUT2D eigenvalue weighted by atomic mass is 10.1. The zero-order valence-electron chi connectivity index (χ0n) is 10.9. The van der Waals surface area contributed by atoms with E-state index in [-0.39, 0.29) is 10.6 Å². The number of nitro groups is 1. The van der Waals surface area contributed by atoms with Crippen LogP contribution in [0.5, 0.6) is 0 Å². The van der Waals surface area contributed by atoms with E-state index in [1.807, 2.05) is 12.1 Å². The number of benzene rings is 1. The van der Waals surface area contributed by atoms with E-state index in [9.17, 15) is 10.1 Å². The van der Waals surface area contributed by atoms with Crippen LogP contribution in [0.25, 0.3) is 0 Å². The predicted molar refractivity (Wildman–Crippen MR) is 72.0 cm³/mol. The van der Waals surface area contributed by atoms with Crippen molar-refractivity contribution >= 4 is 11.4 Å². The molecule has 1 heterocycles. The maximum atomic E-state index is 10.6. The van der Waals surface area contributed by atoms with Crippen molar-refractivity contribution in [2.75, 3.05) is 31.6 Å². The lowest BCUT2D eigenvalue weighted by Crippen LogP contribution is -2.51. The highest BCUT2D eigenvalue weighted by Gasteiger charge is 2.23. The molecule has 1 fully saturated rings. The van der Waals surface area contributed by atoms with Gasteiger partial charge in [0.1, 0.15) is 0 Å². The molecule has 0 N–H and O–H groups in total. The van der Waals surface area contributed by atoms with Crippen molar-refractivity contribution in [1.29, 1.82) is 0 Å². The summed E-state index contributed by atoms with van der Waals surface area (Å²) in [6.07, 6.45) is 1.12. The number of non-ortho nitro benzene ring substituents is 1. The summed E-state index contributed by atoms with van der Waals surface area (Å²) >= 11 is 0. The summed E-state index contributed by atoms with van der Waals surface area (Å²) in [7, 11) is 2.15. The molecule has 2 rings (SSSR count). The highest BCUT2D eigenvalue weighted by atomic mass is 16.6. The summed E-state index contributed by atoms with van der Waals surface area (Å²) in [5.74, 6) is 0. The molecule has 5 heteroatoms. The van der Waals surface area contributed by atoms with Gasteiger partial charge in [0, 0.05) is 43.5 Å². The van der Waals surface area contributed by atoms with E-state index in [4.69, 9.17) is 0 Å².